The zero-order valence-electron chi connectivity index (χ0n) is 43.1. The second-order valence-electron chi connectivity index (χ2n) is 19.7. The van der Waals surface area contributed by atoms with Crippen molar-refractivity contribution in [1.29, 1.82) is 0 Å². The van der Waals surface area contributed by atoms with Crippen LogP contribution in [0, 0.1) is 0 Å². The van der Waals surface area contributed by atoms with Crippen molar-refractivity contribution in [1.82, 2.24) is 5.32 Å². The van der Waals surface area contributed by atoms with Gasteiger partial charge in [0, 0.05) is 6.42 Å². The number of amides is 1. The van der Waals surface area contributed by atoms with Gasteiger partial charge in [0.25, 0.3) is 0 Å². The van der Waals surface area contributed by atoms with Gasteiger partial charge in [-0.25, -0.2) is 0 Å². The molecule has 1 amide bonds. The molecule has 0 aliphatic carbocycles. The second kappa shape index (κ2) is 41.7. The molecule has 0 bridgehead atoms. The third-order valence-corrected chi connectivity index (χ3v) is 13.6. The minimum atomic E-state index is -1.79. The molecule has 0 aromatic rings. The number of nitrogens with one attached hydrogen (secondary N) is 1. The highest BCUT2D eigenvalue weighted by atomic mass is 16.7. The molecular weight excluding hydrogens is 883 g/mol. The van der Waals surface area contributed by atoms with Crippen LogP contribution in [0.3, 0.4) is 0 Å². The van der Waals surface area contributed by atoms with Gasteiger partial charge in [0.05, 0.1) is 32.0 Å². The molecule has 9 N–H and O–H groups in total. The molecule has 69 heavy (non-hydrogen) atoms. The first-order chi connectivity index (χ1) is 33.6. The number of allylic oxidation sites excluding steroid dienone is 5. The summed E-state index contributed by atoms with van der Waals surface area (Å²) in [4.78, 5) is 13.2. The molecule has 14 nitrogen and oxygen atoms in total. The van der Waals surface area contributed by atoms with Crippen molar-refractivity contribution in [3.8, 4) is 0 Å². The topological polar surface area (TPSA) is 228 Å². The minimum Gasteiger partial charge on any atom is -0.394 e. The van der Waals surface area contributed by atoms with E-state index in [1.165, 1.54) is 135 Å². The Bertz CT molecular complexity index is 1300. The van der Waals surface area contributed by atoms with Crippen LogP contribution in [0.2, 0.25) is 0 Å². The molecule has 0 aromatic carbocycles. The number of carbonyl (C=O) groups is 1. The standard InChI is InChI=1S/C55H101NO13/c1-3-5-7-9-11-13-15-17-19-21-22-23-25-27-29-31-33-35-37-39-47(60)56-43(44(59)38-36-34-32-30-28-26-24-20-18-16-14-12-10-8-6-4-2)42-66-54-52(65)50(63)53(46(41-58)68-54)69-55-51(64)49(62)48(61)45(40-57)67-55/h11,13,17,19,36,38,43-46,48-55,57-59,61-65H,3-10,12,14-16,18,20-35,37,39-42H2,1-2H3,(H,56,60)/b13-11-,19-17-,38-36+. The van der Waals surface area contributed by atoms with Crippen LogP contribution in [0.1, 0.15) is 213 Å². The van der Waals surface area contributed by atoms with E-state index in [2.05, 4.69) is 43.5 Å². The molecule has 0 saturated carbocycles. The minimum absolute atomic E-state index is 0.244. The molecular formula is C55H101NO13. The molecule has 2 heterocycles. The molecule has 0 spiro atoms. The van der Waals surface area contributed by atoms with Gasteiger partial charge >= 0.3 is 0 Å². The third-order valence-electron chi connectivity index (χ3n) is 13.6. The fourth-order valence-electron chi connectivity index (χ4n) is 9.03. The van der Waals surface area contributed by atoms with E-state index in [0.717, 1.165) is 51.4 Å². The van der Waals surface area contributed by atoms with Crippen LogP contribution in [0.25, 0.3) is 0 Å². The van der Waals surface area contributed by atoms with E-state index >= 15 is 0 Å². The van der Waals surface area contributed by atoms with E-state index in [1.807, 2.05) is 6.08 Å². The summed E-state index contributed by atoms with van der Waals surface area (Å²) in [5.74, 6) is -0.244. The number of unbranched alkanes of at least 4 members (excludes halogenated alkanes) is 26. The lowest BCUT2D eigenvalue weighted by atomic mass is 9.97. The summed E-state index contributed by atoms with van der Waals surface area (Å²) in [6.07, 6.45) is 31.7. The zero-order chi connectivity index (χ0) is 50.3. The van der Waals surface area contributed by atoms with Crippen molar-refractivity contribution in [3.05, 3.63) is 36.5 Å². The van der Waals surface area contributed by atoms with Crippen molar-refractivity contribution in [3.63, 3.8) is 0 Å². The average Bonchev–Trinajstić information content (AvgIpc) is 3.35. The van der Waals surface area contributed by atoms with E-state index < -0.39 is 86.8 Å². The summed E-state index contributed by atoms with van der Waals surface area (Å²) in [7, 11) is 0. The van der Waals surface area contributed by atoms with Crippen molar-refractivity contribution in [2.75, 3.05) is 19.8 Å². The van der Waals surface area contributed by atoms with Gasteiger partial charge in [0.1, 0.15) is 48.8 Å². The normalized spacial score (nSPS) is 26.4. The smallest absolute Gasteiger partial charge is 0.220 e. The molecule has 2 rings (SSSR count). The third kappa shape index (κ3) is 28.3. The Morgan fingerprint density at radius 3 is 1.48 bits per heavy atom. The van der Waals surface area contributed by atoms with E-state index in [-0.39, 0.29) is 18.9 Å². The van der Waals surface area contributed by atoms with Crippen molar-refractivity contribution in [2.45, 2.75) is 286 Å². The summed E-state index contributed by atoms with van der Waals surface area (Å²) in [6, 6.07) is -0.915. The molecule has 2 aliphatic heterocycles. The Morgan fingerprint density at radius 1 is 0.522 bits per heavy atom. The monoisotopic (exact) mass is 984 g/mol. The SMILES string of the molecule is CCCCC/C=C\C/C=C\CCCCCCCCCCCC(=O)NC(COC1OC(CO)C(OC2OC(CO)C(O)C(O)C2O)C(O)C1O)C(O)/C=C/CCCCCCCCCCCCCCCC. The van der Waals surface area contributed by atoms with Crippen LogP contribution >= 0.6 is 0 Å². The molecule has 0 radical (unpaired) electrons. The predicted octanol–water partition coefficient (Wildman–Crippen LogP) is 8.27. The highest BCUT2D eigenvalue weighted by Gasteiger charge is 2.51. The summed E-state index contributed by atoms with van der Waals surface area (Å²) in [6.45, 7) is 2.77. The van der Waals surface area contributed by atoms with E-state index in [4.69, 9.17) is 18.9 Å². The molecule has 12 unspecified atom stereocenters. The molecule has 14 heteroatoms. The van der Waals surface area contributed by atoms with Crippen molar-refractivity contribution < 1.29 is 64.6 Å². The number of hydrogen-bond acceptors (Lipinski definition) is 13. The predicted molar refractivity (Wildman–Crippen MR) is 272 cm³/mol. The Kier molecular flexibility index (Phi) is 38.2. The molecule has 2 saturated heterocycles. The van der Waals surface area contributed by atoms with Gasteiger partial charge in [0.2, 0.25) is 5.91 Å². The fraction of sp³-hybridized carbons (Fsp3) is 0.873. The van der Waals surface area contributed by atoms with Crippen LogP contribution in [0.4, 0.5) is 0 Å². The molecule has 2 aliphatic rings. The van der Waals surface area contributed by atoms with Gasteiger partial charge in [-0.2, -0.15) is 0 Å². The first-order valence-electron chi connectivity index (χ1n) is 27.7. The number of carbonyl (C=O) groups excluding carboxylic acids is 1. The van der Waals surface area contributed by atoms with Gasteiger partial charge in [-0.05, 0) is 51.4 Å². The molecule has 0 aromatic heterocycles. The number of rotatable bonds is 43. The summed E-state index contributed by atoms with van der Waals surface area (Å²) in [5, 5.41) is 86.9. The summed E-state index contributed by atoms with van der Waals surface area (Å²) in [5.41, 5.74) is 0. The van der Waals surface area contributed by atoms with Crippen LogP contribution in [-0.2, 0) is 23.7 Å². The lowest BCUT2D eigenvalue weighted by Crippen LogP contribution is -2.65. The summed E-state index contributed by atoms with van der Waals surface area (Å²) < 4.78 is 22.7. The first kappa shape index (κ1) is 63.3. The van der Waals surface area contributed by atoms with Crippen LogP contribution in [-0.4, -0.2) is 140 Å². The van der Waals surface area contributed by atoms with Gasteiger partial charge in [-0.1, -0.05) is 192 Å². The maximum Gasteiger partial charge on any atom is 0.220 e. The van der Waals surface area contributed by atoms with Gasteiger partial charge in [-0.15, -0.1) is 0 Å². The highest BCUT2D eigenvalue weighted by molar-refractivity contribution is 5.76. The van der Waals surface area contributed by atoms with Crippen molar-refractivity contribution >= 4 is 5.91 Å². The highest BCUT2D eigenvalue weighted by Crippen LogP contribution is 2.30. The number of hydrogen-bond donors (Lipinski definition) is 9. The lowest BCUT2D eigenvalue weighted by Gasteiger charge is -2.46. The fourth-order valence-corrected chi connectivity index (χ4v) is 9.03. The maximum atomic E-state index is 13.2. The Morgan fingerprint density at radius 2 is 0.957 bits per heavy atom. The number of ether oxygens (including phenoxy) is 4. The van der Waals surface area contributed by atoms with E-state index in [9.17, 15) is 45.6 Å². The van der Waals surface area contributed by atoms with Crippen LogP contribution in [0.15, 0.2) is 36.5 Å². The van der Waals surface area contributed by atoms with E-state index in [0.29, 0.717) is 6.42 Å². The molecule has 404 valence electrons. The molecule has 2 fully saturated rings. The van der Waals surface area contributed by atoms with Crippen molar-refractivity contribution in [2.24, 2.45) is 0 Å². The quantitative estimate of drug-likeness (QED) is 0.0207. The van der Waals surface area contributed by atoms with Gasteiger partial charge in [-0.3, -0.25) is 4.79 Å². The van der Waals surface area contributed by atoms with Gasteiger partial charge in [0.15, 0.2) is 12.6 Å². The lowest BCUT2D eigenvalue weighted by molar-refractivity contribution is -0.359. The zero-order valence-corrected chi connectivity index (χ0v) is 43.1. The van der Waals surface area contributed by atoms with Gasteiger partial charge < -0.3 is 65.1 Å². The Balaban J connectivity index is 1.81. The van der Waals surface area contributed by atoms with E-state index in [1.54, 1.807) is 6.08 Å². The largest absolute Gasteiger partial charge is 0.394 e. The Labute approximate surface area is 417 Å². The summed E-state index contributed by atoms with van der Waals surface area (Å²) >= 11 is 0. The first-order valence-corrected chi connectivity index (χ1v) is 27.7. The Hall–Kier alpha value is -1.79. The average molecular weight is 984 g/mol. The number of aliphatic hydroxyl groups is 8. The maximum absolute atomic E-state index is 13.2. The number of aliphatic hydroxyl groups excluding tert-OH is 8. The van der Waals surface area contributed by atoms with Crippen LogP contribution in [0.5, 0.6) is 0 Å². The van der Waals surface area contributed by atoms with Crippen LogP contribution < -0.4 is 5.32 Å². The second-order valence-corrected chi connectivity index (χ2v) is 19.7. The molecule has 12 atom stereocenters.